The molecule has 0 atom stereocenters. The maximum absolute atomic E-state index is 9.67. The number of hydrogen-bond donors (Lipinski definition) is 3. The SMILES string of the molecule is COc1c(O)ccc(Br)c1-c1cc(N)n[nH]1. The molecule has 0 saturated heterocycles. The lowest BCUT2D eigenvalue weighted by molar-refractivity contribution is 0.374. The molecule has 0 radical (unpaired) electrons. The van der Waals surface area contributed by atoms with E-state index in [1.807, 2.05) is 0 Å². The van der Waals surface area contributed by atoms with E-state index in [2.05, 4.69) is 26.1 Å². The van der Waals surface area contributed by atoms with Gasteiger partial charge in [0.05, 0.1) is 18.4 Å². The third-order valence-corrected chi connectivity index (χ3v) is 2.82. The number of nitrogens with two attached hydrogens (primary N) is 1. The molecule has 0 unspecified atom stereocenters. The Hall–Kier alpha value is -1.69. The summed E-state index contributed by atoms with van der Waals surface area (Å²) in [5.41, 5.74) is 6.90. The fraction of sp³-hybridized carbons (Fsp3) is 0.100. The summed E-state index contributed by atoms with van der Waals surface area (Å²) < 4.78 is 5.94. The van der Waals surface area contributed by atoms with Gasteiger partial charge in [0.25, 0.3) is 0 Å². The lowest BCUT2D eigenvalue weighted by atomic mass is 10.1. The van der Waals surface area contributed by atoms with Crippen LogP contribution in [0.25, 0.3) is 11.3 Å². The van der Waals surface area contributed by atoms with Crippen LogP contribution in [0.1, 0.15) is 0 Å². The topological polar surface area (TPSA) is 84.2 Å². The van der Waals surface area contributed by atoms with Crippen LogP contribution in [-0.2, 0) is 0 Å². The average molecular weight is 284 g/mol. The number of nitrogen functional groups attached to an aromatic ring is 1. The molecule has 1 heterocycles. The van der Waals surface area contributed by atoms with Crippen molar-refractivity contribution < 1.29 is 9.84 Å². The van der Waals surface area contributed by atoms with E-state index >= 15 is 0 Å². The van der Waals surface area contributed by atoms with Crippen molar-refractivity contribution in [2.75, 3.05) is 12.8 Å². The van der Waals surface area contributed by atoms with Crippen LogP contribution >= 0.6 is 15.9 Å². The number of halogens is 1. The van der Waals surface area contributed by atoms with E-state index in [1.54, 1.807) is 18.2 Å². The molecular weight excluding hydrogens is 274 g/mol. The third kappa shape index (κ3) is 1.71. The van der Waals surface area contributed by atoms with Gasteiger partial charge in [-0.2, -0.15) is 5.10 Å². The molecule has 2 rings (SSSR count). The van der Waals surface area contributed by atoms with E-state index in [-0.39, 0.29) is 5.75 Å². The Balaban J connectivity index is 2.67. The first kappa shape index (κ1) is 10.8. The highest BCUT2D eigenvalue weighted by atomic mass is 79.9. The van der Waals surface area contributed by atoms with Crippen LogP contribution in [0.15, 0.2) is 22.7 Å². The number of nitrogens with zero attached hydrogens (tertiary/aromatic N) is 1. The van der Waals surface area contributed by atoms with Gasteiger partial charge in [0.15, 0.2) is 11.5 Å². The minimum atomic E-state index is 0.0638. The summed E-state index contributed by atoms with van der Waals surface area (Å²) in [7, 11) is 1.49. The van der Waals surface area contributed by atoms with Crippen molar-refractivity contribution in [3.63, 3.8) is 0 Å². The third-order valence-electron chi connectivity index (χ3n) is 2.16. The van der Waals surface area contributed by atoms with E-state index in [0.29, 0.717) is 22.8 Å². The summed E-state index contributed by atoms with van der Waals surface area (Å²) in [5, 5.41) is 16.3. The molecule has 0 spiro atoms. The first-order valence-electron chi connectivity index (χ1n) is 4.50. The van der Waals surface area contributed by atoms with Crippen LogP contribution in [0.5, 0.6) is 11.5 Å². The van der Waals surface area contributed by atoms with Crippen LogP contribution in [-0.4, -0.2) is 22.4 Å². The van der Waals surface area contributed by atoms with Gasteiger partial charge < -0.3 is 15.6 Å². The molecule has 0 bridgehead atoms. The van der Waals surface area contributed by atoms with Crippen molar-refractivity contribution in [1.82, 2.24) is 10.2 Å². The van der Waals surface area contributed by atoms with E-state index in [9.17, 15) is 5.11 Å². The molecule has 16 heavy (non-hydrogen) atoms. The van der Waals surface area contributed by atoms with E-state index < -0.39 is 0 Å². The number of benzene rings is 1. The molecule has 0 aliphatic rings. The standard InChI is InChI=1S/C10H10BrN3O2/c1-16-10-7(15)3-2-5(11)9(10)6-4-8(12)14-13-6/h2-4,15H,1H3,(H3,12,13,14). The monoisotopic (exact) mass is 283 g/mol. The smallest absolute Gasteiger partial charge is 0.170 e. The molecule has 1 aromatic heterocycles. The maximum Gasteiger partial charge on any atom is 0.170 e. The van der Waals surface area contributed by atoms with Gasteiger partial charge in [-0.3, -0.25) is 5.10 Å². The van der Waals surface area contributed by atoms with Gasteiger partial charge in [0.1, 0.15) is 5.82 Å². The summed E-state index contributed by atoms with van der Waals surface area (Å²) in [6, 6.07) is 4.94. The van der Waals surface area contributed by atoms with Crippen molar-refractivity contribution in [2.24, 2.45) is 0 Å². The molecule has 1 aromatic carbocycles. The Bertz CT molecular complexity index is 525. The van der Waals surface area contributed by atoms with Crippen molar-refractivity contribution in [1.29, 1.82) is 0 Å². The Morgan fingerprint density at radius 2 is 2.25 bits per heavy atom. The molecule has 0 aliphatic heterocycles. The summed E-state index contributed by atoms with van der Waals surface area (Å²) in [6.07, 6.45) is 0. The first-order chi connectivity index (χ1) is 7.63. The Kier molecular flexibility index (Phi) is 2.74. The number of ether oxygens (including phenoxy) is 1. The highest BCUT2D eigenvalue weighted by Gasteiger charge is 2.16. The fourth-order valence-electron chi connectivity index (χ4n) is 1.47. The number of methoxy groups -OCH3 is 1. The number of phenols is 1. The average Bonchev–Trinajstić information content (AvgIpc) is 2.67. The van der Waals surface area contributed by atoms with Crippen LogP contribution < -0.4 is 10.5 Å². The normalized spacial score (nSPS) is 10.4. The summed E-state index contributed by atoms with van der Waals surface area (Å²) >= 11 is 3.39. The van der Waals surface area contributed by atoms with Gasteiger partial charge in [-0.1, -0.05) is 0 Å². The number of aromatic hydroxyl groups is 1. The van der Waals surface area contributed by atoms with E-state index in [4.69, 9.17) is 10.5 Å². The molecule has 84 valence electrons. The molecule has 4 N–H and O–H groups in total. The van der Waals surface area contributed by atoms with E-state index in [1.165, 1.54) is 7.11 Å². The number of H-pyrrole nitrogens is 1. The predicted molar refractivity (Wildman–Crippen MR) is 64.4 cm³/mol. The summed E-state index contributed by atoms with van der Waals surface area (Å²) in [4.78, 5) is 0. The highest BCUT2D eigenvalue weighted by Crippen LogP contribution is 2.41. The van der Waals surface area contributed by atoms with Crippen LogP contribution in [0, 0.1) is 0 Å². The first-order valence-corrected chi connectivity index (χ1v) is 5.29. The van der Waals surface area contributed by atoms with Crippen molar-refractivity contribution in [2.45, 2.75) is 0 Å². The van der Waals surface area contributed by atoms with Gasteiger partial charge >= 0.3 is 0 Å². The summed E-state index contributed by atoms with van der Waals surface area (Å²) in [5.74, 6) is 0.819. The quantitative estimate of drug-likeness (QED) is 0.788. The number of phenolic OH excluding ortho intramolecular Hbond substituents is 1. The van der Waals surface area contributed by atoms with Crippen molar-refractivity contribution in [3.8, 4) is 22.8 Å². The molecule has 0 aliphatic carbocycles. The molecule has 0 fully saturated rings. The maximum atomic E-state index is 9.67. The molecule has 5 nitrogen and oxygen atoms in total. The number of aromatic nitrogens is 2. The van der Waals surface area contributed by atoms with Gasteiger partial charge in [-0.15, -0.1) is 0 Å². The predicted octanol–water partition coefficient (Wildman–Crippen LogP) is 2.14. The second kappa shape index (κ2) is 4.05. The number of anilines is 1. The lowest BCUT2D eigenvalue weighted by Crippen LogP contribution is -1.90. The zero-order valence-corrected chi connectivity index (χ0v) is 10.1. The highest BCUT2D eigenvalue weighted by molar-refractivity contribution is 9.10. The number of hydrogen-bond acceptors (Lipinski definition) is 4. The minimum Gasteiger partial charge on any atom is -0.504 e. The van der Waals surface area contributed by atoms with E-state index in [0.717, 1.165) is 4.47 Å². The molecular formula is C10H10BrN3O2. The number of rotatable bonds is 2. The zero-order valence-electron chi connectivity index (χ0n) is 8.49. The van der Waals surface area contributed by atoms with Crippen LogP contribution in [0.3, 0.4) is 0 Å². The lowest BCUT2D eigenvalue weighted by Gasteiger charge is -2.10. The second-order valence-electron chi connectivity index (χ2n) is 3.18. The Labute approximate surface area is 100 Å². The van der Waals surface area contributed by atoms with Gasteiger partial charge in [-0.25, -0.2) is 0 Å². The second-order valence-corrected chi connectivity index (χ2v) is 4.04. The number of aromatic amines is 1. The van der Waals surface area contributed by atoms with Crippen LogP contribution in [0.2, 0.25) is 0 Å². The number of nitrogens with one attached hydrogen (secondary N) is 1. The summed E-state index contributed by atoms with van der Waals surface area (Å²) in [6.45, 7) is 0. The van der Waals surface area contributed by atoms with Gasteiger partial charge in [-0.05, 0) is 28.1 Å². The van der Waals surface area contributed by atoms with Crippen LogP contribution in [0.4, 0.5) is 5.82 Å². The Morgan fingerprint density at radius 1 is 1.50 bits per heavy atom. The van der Waals surface area contributed by atoms with Crippen molar-refractivity contribution >= 4 is 21.7 Å². The minimum absolute atomic E-state index is 0.0638. The molecule has 2 aromatic rings. The van der Waals surface area contributed by atoms with Gasteiger partial charge in [0.2, 0.25) is 0 Å². The molecule has 0 amide bonds. The van der Waals surface area contributed by atoms with Gasteiger partial charge in [0, 0.05) is 10.5 Å². The fourth-order valence-corrected chi connectivity index (χ4v) is 2.00. The molecule has 6 heteroatoms. The van der Waals surface area contributed by atoms with Crippen molar-refractivity contribution in [3.05, 3.63) is 22.7 Å². The Morgan fingerprint density at radius 3 is 2.81 bits per heavy atom. The molecule has 0 saturated carbocycles. The largest absolute Gasteiger partial charge is 0.504 e. The zero-order chi connectivity index (χ0) is 11.7.